The monoisotopic (exact) mass is 670 g/mol. The van der Waals surface area contributed by atoms with Gasteiger partial charge in [-0.25, -0.2) is 9.55 Å². The van der Waals surface area contributed by atoms with Gasteiger partial charge in [-0.3, -0.25) is 9.59 Å². The highest BCUT2D eigenvalue weighted by Crippen LogP contribution is 2.32. The largest absolute Gasteiger partial charge is 0.416 e. The minimum atomic E-state index is -4.47. The molecule has 14 heteroatoms. The summed E-state index contributed by atoms with van der Waals surface area (Å²) in [5, 5.41) is 11.5. The number of rotatable bonds is 6. The van der Waals surface area contributed by atoms with Crippen LogP contribution in [0.25, 0.3) is 16.7 Å². The van der Waals surface area contributed by atoms with E-state index < -0.39 is 17.8 Å². The van der Waals surface area contributed by atoms with Gasteiger partial charge < -0.3 is 20.1 Å². The summed E-state index contributed by atoms with van der Waals surface area (Å²) >= 11 is 12.2. The van der Waals surface area contributed by atoms with Gasteiger partial charge in [-0.05, 0) is 68.3 Å². The number of carbonyl (C=O) groups excluding carboxylic acids is 1. The van der Waals surface area contributed by atoms with Crippen molar-refractivity contribution >= 4 is 51.8 Å². The van der Waals surface area contributed by atoms with Gasteiger partial charge in [-0.1, -0.05) is 40.5 Å². The fraction of sp³-hybridized carbons (Fsp3) is 0.250. The summed E-state index contributed by atoms with van der Waals surface area (Å²) in [5.41, 5.74) is 1.47. The highest BCUT2D eigenvalue weighted by Gasteiger charge is 2.33. The van der Waals surface area contributed by atoms with E-state index in [0.717, 1.165) is 12.1 Å². The van der Waals surface area contributed by atoms with Crippen molar-refractivity contribution in [3.8, 4) is 5.69 Å². The zero-order chi connectivity index (χ0) is 32.9. The average Bonchev–Trinajstić information content (AvgIpc) is 3.44. The number of benzene rings is 3. The van der Waals surface area contributed by atoms with E-state index in [1.807, 2.05) is 6.92 Å². The SMILES string of the molecule is CNc1noc2cc(-n3c(NC(C)c4ccc(C(F)(F)F)cc4)nc4c(c3=O)C[C@@H](C)N(C(=O)c3ccc(Cl)c(Cl)c3)C4)ccc12. The quantitative estimate of drug-likeness (QED) is 0.193. The summed E-state index contributed by atoms with van der Waals surface area (Å²) in [7, 11) is 1.71. The highest BCUT2D eigenvalue weighted by molar-refractivity contribution is 6.42. The zero-order valence-electron chi connectivity index (χ0n) is 24.7. The average molecular weight is 672 g/mol. The van der Waals surface area contributed by atoms with E-state index in [2.05, 4.69) is 15.8 Å². The molecule has 238 valence electrons. The predicted molar refractivity (Wildman–Crippen MR) is 170 cm³/mol. The summed E-state index contributed by atoms with van der Waals surface area (Å²) in [6.07, 6.45) is -4.24. The maximum atomic E-state index is 14.2. The Labute approximate surface area is 270 Å². The third kappa shape index (κ3) is 5.78. The molecule has 0 aliphatic carbocycles. The lowest BCUT2D eigenvalue weighted by Crippen LogP contribution is -2.46. The molecule has 0 bridgehead atoms. The predicted octanol–water partition coefficient (Wildman–Crippen LogP) is 7.50. The molecule has 1 aliphatic heterocycles. The molecule has 0 fully saturated rings. The molecule has 9 nitrogen and oxygen atoms in total. The first-order chi connectivity index (χ1) is 21.8. The number of nitrogens with zero attached hydrogens (tertiary/aromatic N) is 4. The molecule has 0 saturated heterocycles. The molecule has 2 aromatic heterocycles. The van der Waals surface area contributed by atoms with Crippen LogP contribution in [0.4, 0.5) is 24.9 Å². The van der Waals surface area contributed by atoms with Gasteiger partial charge in [-0.2, -0.15) is 13.2 Å². The number of alkyl halides is 3. The van der Waals surface area contributed by atoms with E-state index in [0.29, 0.717) is 49.9 Å². The van der Waals surface area contributed by atoms with E-state index in [4.69, 9.17) is 32.7 Å². The minimum absolute atomic E-state index is 0.0433. The Morgan fingerprint density at radius 1 is 1.07 bits per heavy atom. The Morgan fingerprint density at radius 3 is 2.48 bits per heavy atom. The van der Waals surface area contributed by atoms with Crippen molar-refractivity contribution in [2.24, 2.45) is 0 Å². The van der Waals surface area contributed by atoms with Crippen LogP contribution in [0.1, 0.15) is 52.6 Å². The smallest absolute Gasteiger partial charge is 0.370 e. The number of amides is 1. The topological polar surface area (TPSA) is 105 Å². The van der Waals surface area contributed by atoms with Crippen LogP contribution >= 0.6 is 23.2 Å². The summed E-state index contributed by atoms with van der Waals surface area (Å²) in [6, 6.07) is 13.7. The van der Waals surface area contributed by atoms with Crippen LogP contribution in [-0.2, 0) is 19.1 Å². The number of hydrogen-bond acceptors (Lipinski definition) is 7. The first-order valence-electron chi connectivity index (χ1n) is 14.3. The fourth-order valence-electron chi connectivity index (χ4n) is 5.55. The lowest BCUT2D eigenvalue weighted by atomic mass is 9.98. The maximum absolute atomic E-state index is 14.2. The molecule has 2 N–H and O–H groups in total. The number of aromatic nitrogens is 3. The van der Waals surface area contributed by atoms with E-state index in [1.54, 1.807) is 49.2 Å². The third-order valence-corrected chi connectivity index (χ3v) is 8.81. The third-order valence-electron chi connectivity index (χ3n) is 8.08. The van der Waals surface area contributed by atoms with E-state index >= 15 is 0 Å². The molecule has 1 unspecified atom stereocenters. The zero-order valence-corrected chi connectivity index (χ0v) is 26.3. The molecule has 1 aliphatic rings. The Kier molecular flexibility index (Phi) is 8.20. The molecular formula is C32H27Cl2F3N6O3. The molecule has 46 heavy (non-hydrogen) atoms. The number of halogens is 5. The number of anilines is 2. The first kappa shape index (κ1) is 31.4. The Hall–Kier alpha value is -4.55. The van der Waals surface area contributed by atoms with Crippen LogP contribution in [0.3, 0.4) is 0 Å². The Balaban J connectivity index is 1.43. The molecule has 3 aromatic carbocycles. The maximum Gasteiger partial charge on any atom is 0.416 e. The van der Waals surface area contributed by atoms with Crippen molar-refractivity contribution in [3.63, 3.8) is 0 Å². The number of hydrogen-bond donors (Lipinski definition) is 2. The van der Waals surface area contributed by atoms with Crippen molar-refractivity contribution < 1.29 is 22.5 Å². The molecule has 2 atom stereocenters. The van der Waals surface area contributed by atoms with Gasteiger partial charge in [0.15, 0.2) is 11.4 Å². The van der Waals surface area contributed by atoms with Crippen LogP contribution in [0.2, 0.25) is 10.0 Å². The molecule has 1 amide bonds. The van der Waals surface area contributed by atoms with Gasteiger partial charge in [0.2, 0.25) is 5.95 Å². The summed E-state index contributed by atoms with van der Waals surface area (Å²) < 4.78 is 46.5. The molecule has 6 rings (SSSR count). The van der Waals surface area contributed by atoms with Crippen molar-refractivity contribution in [1.29, 1.82) is 0 Å². The molecule has 0 saturated carbocycles. The minimum Gasteiger partial charge on any atom is -0.370 e. The molecular weight excluding hydrogens is 644 g/mol. The van der Waals surface area contributed by atoms with E-state index in [1.165, 1.54) is 22.8 Å². The standard InChI is InChI=1S/C32H27Cl2F3N6O3/c1-16-12-23-26(15-42(16)29(44)19-6-11-24(33)25(34)13-19)40-31(39-17(2)18-4-7-20(8-5-18)32(35,36)37)43(30(23)45)21-9-10-22-27(14-21)46-41-28(22)38-3/h4-11,13-14,16-17H,12,15H2,1-3H3,(H,38,41)(H,39,40)/t16-,17?/m1/s1. The lowest BCUT2D eigenvalue weighted by Gasteiger charge is -2.35. The van der Waals surface area contributed by atoms with Crippen molar-refractivity contribution in [2.45, 2.75) is 45.1 Å². The van der Waals surface area contributed by atoms with Crippen LogP contribution in [0.15, 0.2) is 70.0 Å². The number of carbonyl (C=O) groups is 1. The molecule has 0 radical (unpaired) electrons. The van der Waals surface area contributed by atoms with Gasteiger partial charge in [0.05, 0.1) is 45.0 Å². The summed E-state index contributed by atoms with van der Waals surface area (Å²) in [5.74, 6) is 0.374. The Bertz CT molecular complexity index is 2030. The second-order valence-electron chi connectivity index (χ2n) is 11.1. The van der Waals surface area contributed by atoms with Gasteiger partial charge in [0.25, 0.3) is 11.5 Å². The van der Waals surface area contributed by atoms with Crippen LogP contribution in [-0.4, -0.2) is 38.6 Å². The van der Waals surface area contributed by atoms with Gasteiger partial charge in [0, 0.05) is 30.3 Å². The van der Waals surface area contributed by atoms with Crippen LogP contribution in [0, 0.1) is 0 Å². The van der Waals surface area contributed by atoms with Gasteiger partial charge in [-0.15, -0.1) is 0 Å². The van der Waals surface area contributed by atoms with Gasteiger partial charge >= 0.3 is 6.18 Å². The van der Waals surface area contributed by atoms with Crippen molar-refractivity contribution in [1.82, 2.24) is 19.6 Å². The number of fused-ring (bicyclic) bond motifs is 2. The fourth-order valence-corrected chi connectivity index (χ4v) is 5.84. The second-order valence-corrected chi connectivity index (χ2v) is 11.9. The normalized spacial score (nSPS) is 15.5. The second kappa shape index (κ2) is 12.0. The van der Waals surface area contributed by atoms with Gasteiger partial charge in [0.1, 0.15) is 0 Å². The van der Waals surface area contributed by atoms with Crippen molar-refractivity contribution in [2.75, 3.05) is 17.7 Å². The molecule has 0 spiro atoms. The molecule has 5 aromatic rings. The summed E-state index contributed by atoms with van der Waals surface area (Å²) in [4.78, 5) is 34.2. The van der Waals surface area contributed by atoms with E-state index in [9.17, 15) is 22.8 Å². The van der Waals surface area contributed by atoms with Crippen LogP contribution in [0.5, 0.6) is 0 Å². The Morgan fingerprint density at radius 2 is 1.80 bits per heavy atom. The highest BCUT2D eigenvalue weighted by atomic mass is 35.5. The molecule has 3 heterocycles. The van der Waals surface area contributed by atoms with Crippen molar-refractivity contribution in [3.05, 3.63) is 109 Å². The summed E-state index contributed by atoms with van der Waals surface area (Å²) in [6.45, 7) is 3.64. The first-order valence-corrected chi connectivity index (χ1v) is 15.0. The number of nitrogens with one attached hydrogen (secondary N) is 2. The van der Waals surface area contributed by atoms with E-state index in [-0.39, 0.29) is 41.4 Å². The lowest BCUT2D eigenvalue weighted by molar-refractivity contribution is -0.137. The van der Waals surface area contributed by atoms with Crippen LogP contribution < -0.4 is 16.2 Å².